The van der Waals surface area contributed by atoms with E-state index in [1.54, 1.807) is 24.3 Å². The molecule has 0 spiro atoms. The lowest BCUT2D eigenvalue weighted by Crippen LogP contribution is -2.33. The van der Waals surface area contributed by atoms with E-state index in [0.29, 0.717) is 31.9 Å². The molecule has 0 unspecified atom stereocenters. The smallest absolute Gasteiger partial charge is 0.269 e. The van der Waals surface area contributed by atoms with Gasteiger partial charge in [0, 0.05) is 13.0 Å². The summed E-state index contributed by atoms with van der Waals surface area (Å²) in [6, 6.07) is 8.32. The standard InChI is InChI=1S/C17H15Br3N2O4/c18-11-5-9(1-2-15(11)23)8-14(22-26)17(25)21-4-3-10-6-12(19)16(24)13(20)7-10/h1-2,5-7,23-24,26H,3-4,8H2,(H,21,25)/b22-14+. The molecule has 6 nitrogen and oxygen atoms in total. The molecule has 0 fully saturated rings. The van der Waals surface area contributed by atoms with Crippen LogP contribution in [0.4, 0.5) is 0 Å². The number of aromatic hydroxyl groups is 2. The second-order valence-electron chi connectivity index (χ2n) is 5.42. The van der Waals surface area contributed by atoms with Gasteiger partial charge in [0.15, 0.2) is 0 Å². The molecule has 0 bridgehead atoms. The molecule has 1 amide bonds. The maximum Gasteiger partial charge on any atom is 0.269 e. The molecule has 138 valence electrons. The van der Waals surface area contributed by atoms with Gasteiger partial charge in [0.05, 0.1) is 13.4 Å². The zero-order valence-electron chi connectivity index (χ0n) is 13.3. The molecule has 0 heterocycles. The van der Waals surface area contributed by atoms with Crippen LogP contribution in [-0.2, 0) is 17.6 Å². The number of nitrogens with zero attached hydrogens (tertiary/aromatic N) is 1. The van der Waals surface area contributed by atoms with Gasteiger partial charge in [0.25, 0.3) is 5.91 Å². The van der Waals surface area contributed by atoms with Crippen LogP contribution in [-0.4, -0.2) is 33.6 Å². The fourth-order valence-corrected chi connectivity index (χ4v) is 3.91. The van der Waals surface area contributed by atoms with Crippen molar-refractivity contribution in [2.75, 3.05) is 6.54 Å². The van der Waals surface area contributed by atoms with Gasteiger partial charge in [-0.05, 0) is 89.6 Å². The van der Waals surface area contributed by atoms with Gasteiger partial charge in [0.1, 0.15) is 17.2 Å². The number of hydrogen-bond acceptors (Lipinski definition) is 5. The van der Waals surface area contributed by atoms with Crippen molar-refractivity contribution in [3.05, 3.63) is 54.9 Å². The highest BCUT2D eigenvalue weighted by Gasteiger charge is 2.14. The van der Waals surface area contributed by atoms with Gasteiger partial charge < -0.3 is 20.7 Å². The Bertz CT molecular complexity index is 833. The van der Waals surface area contributed by atoms with E-state index in [1.807, 2.05) is 0 Å². The molecule has 2 aromatic rings. The Labute approximate surface area is 175 Å². The van der Waals surface area contributed by atoms with E-state index in [9.17, 15) is 15.0 Å². The second kappa shape index (κ2) is 9.38. The first-order chi connectivity index (χ1) is 12.3. The topological polar surface area (TPSA) is 102 Å². The summed E-state index contributed by atoms with van der Waals surface area (Å²) in [5.41, 5.74) is 1.59. The number of carbonyl (C=O) groups is 1. The predicted molar refractivity (Wildman–Crippen MR) is 109 cm³/mol. The van der Waals surface area contributed by atoms with Crippen LogP contribution in [0.3, 0.4) is 0 Å². The van der Waals surface area contributed by atoms with Crippen molar-refractivity contribution in [3.63, 3.8) is 0 Å². The number of phenols is 2. The number of halogens is 3. The van der Waals surface area contributed by atoms with Crippen molar-refractivity contribution in [3.8, 4) is 11.5 Å². The van der Waals surface area contributed by atoms with Crippen molar-refractivity contribution in [1.82, 2.24) is 5.32 Å². The molecule has 0 saturated carbocycles. The highest BCUT2D eigenvalue weighted by molar-refractivity contribution is 9.11. The quantitative estimate of drug-likeness (QED) is 0.247. The van der Waals surface area contributed by atoms with Gasteiger partial charge >= 0.3 is 0 Å². The summed E-state index contributed by atoms with van der Waals surface area (Å²) in [6.07, 6.45) is 0.657. The van der Waals surface area contributed by atoms with E-state index in [1.165, 1.54) is 6.07 Å². The molecular formula is C17H15Br3N2O4. The van der Waals surface area contributed by atoms with Crippen molar-refractivity contribution in [1.29, 1.82) is 0 Å². The summed E-state index contributed by atoms with van der Waals surface area (Å²) < 4.78 is 1.61. The predicted octanol–water partition coefficient (Wildman–Crippen LogP) is 4.12. The van der Waals surface area contributed by atoms with Crippen LogP contribution in [0.2, 0.25) is 0 Å². The Balaban J connectivity index is 1.94. The highest BCUT2D eigenvalue weighted by atomic mass is 79.9. The Hall–Kier alpha value is -1.58. The molecule has 0 atom stereocenters. The number of hydrogen-bond donors (Lipinski definition) is 4. The lowest BCUT2D eigenvalue weighted by Gasteiger charge is -2.09. The number of phenolic OH excluding ortho intramolecular Hbond substituents is 2. The fourth-order valence-electron chi connectivity index (χ4n) is 2.20. The first-order valence-corrected chi connectivity index (χ1v) is 9.83. The SMILES string of the molecule is O=C(NCCc1cc(Br)c(O)c(Br)c1)/C(Cc1ccc(O)c(Br)c1)=N/O. The monoisotopic (exact) mass is 548 g/mol. The number of benzene rings is 2. The lowest BCUT2D eigenvalue weighted by molar-refractivity contribution is -0.115. The van der Waals surface area contributed by atoms with Crippen molar-refractivity contribution >= 4 is 59.4 Å². The largest absolute Gasteiger partial charge is 0.507 e. The molecule has 26 heavy (non-hydrogen) atoms. The van der Waals surface area contributed by atoms with E-state index in [2.05, 4.69) is 58.3 Å². The van der Waals surface area contributed by atoms with Crippen LogP contribution >= 0.6 is 47.8 Å². The molecule has 0 aliphatic rings. The average molecular weight is 551 g/mol. The maximum absolute atomic E-state index is 12.2. The van der Waals surface area contributed by atoms with E-state index >= 15 is 0 Å². The Morgan fingerprint density at radius 3 is 2.19 bits per heavy atom. The third-order valence-corrected chi connectivity index (χ3v) is 5.39. The van der Waals surface area contributed by atoms with Crippen LogP contribution in [0.25, 0.3) is 0 Å². The fraction of sp³-hybridized carbons (Fsp3) is 0.176. The molecule has 0 aromatic heterocycles. The molecule has 0 aliphatic heterocycles. The number of amides is 1. The number of oxime groups is 1. The van der Waals surface area contributed by atoms with Crippen LogP contribution < -0.4 is 5.32 Å². The van der Waals surface area contributed by atoms with Crippen molar-refractivity contribution in [2.45, 2.75) is 12.8 Å². The zero-order valence-corrected chi connectivity index (χ0v) is 18.1. The molecule has 0 radical (unpaired) electrons. The highest BCUT2D eigenvalue weighted by Crippen LogP contribution is 2.33. The van der Waals surface area contributed by atoms with E-state index < -0.39 is 5.91 Å². The summed E-state index contributed by atoms with van der Waals surface area (Å²) in [5.74, 6) is -0.270. The minimum absolute atomic E-state index is 0.0318. The maximum atomic E-state index is 12.2. The summed E-state index contributed by atoms with van der Waals surface area (Å²) in [6.45, 7) is 0.334. The molecule has 0 saturated heterocycles. The summed E-state index contributed by atoms with van der Waals surface area (Å²) in [5, 5.41) is 34.1. The molecule has 0 aliphatic carbocycles. The van der Waals surface area contributed by atoms with E-state index in [-0.39, 0.29) is 23.6 Å². The average Bonchev–Trinajstić information content (AvgIpc) is 2.60. The first kappa shape index (κ1) is 20.7. The molecular weight excluding hydrogens is 536 g/mol. The first-order valence-electron chi connectivity index (χ1n) is 7.45. The van der Waals surface area contributed by atoms with Gasteiger partial charge in [-0.3, -0.25) is 4.79 Å². The summed E-state index contributed by atoms with van der Waals surface area (Å²) in [4.78, 5) is 12.2. The molecule has 2 aromatic carbocycles. The third-order valence-electron chi connectivity index (χ3n) is 3.54. The van der Waals surface area contributed by atoms with Gasteiger partial charge in [0.2, 0.25) is 0 Å². The number of nitrogens with one attached hydrogen (secondary N) is 1. The van der Waals surface area contributed by atoms with Crippen molar-refractivity contribution < 1.29 is 20.2 Å². The Kier molecular flexibility index (Phi) is 7.48. The molecule has 9 heteroatoms. The van der Waals surface area contributed by atoms with E-state index in [0.717, 1.165) is 5.56 Å². The minimum atomic E-state index is -0.478. The van der Waals surface area contributed by atoms with Crippen LogP contribution in [0.1, 0.15) is 11.1 Å². The second-order valence-corrected chi connectivity index (χ2v) is 7.99. The van der Waals surface area contributed by atoms with Crippen LogP contribution in [0.15, 0.2) is 48.9 Å². The minimum Gasteiger partial charge on any atom is -0.507 e. The van der Waals surface area contributed by atoms with Gasteiger partial charge in [-0.15, -0.1) is 0 Å². The van der Waals surface area contributed by atoms with E-state index in [4.69, 9.17) is 5.21 Å². The zero-order chi connectivity index (χ0) is 19.3. The molecule has 2 rings (SSSR count). The van der Waals surface area contributed by atoms with Gasteiger partial charge in [-0.1, -0.05) is 11.2 Å². The summed E-state index contributed by atoms with van der Waals surface area (Å²) in [7, 11) is 0. The van der Waals surface area contributed by atoms with Gasteiger partial charge in [-0.25, -0.2) is 0 Å². The Morgan fingerprint density at radius 1 is 1.00 bits per heavy atom. The third kappa shape index (κ3) is 5.46. The summed E-state index contributed by atoms with van der Waals surface area (Å²) >= 11 is 9.72. The molecule has 4 N–H and O–H groups in total. The number of rotatable bonds is 6. The van der Waals surface area contributed by atoms with Crippen LogP contribution in [0, 0.1) is 0 Å². The van der Waals surface area contributed by atoms with Crippen LogP contribution in [0.5, 0.6) is 11.5 Å². The normalized spacial score (nSPS) is 11.4. The Morgan fingerprint density at radius 2 is 1.62 bits per heavy atom. The number of carbonyl (C=O) groups excluding carboxylic acids is 1. The lowest BCUT2D eigenvalue weighted by atomic mass is 10.1. The van der Waals surface area contributed by atoms with Crippen molar-refractivity contribution in [2.24, 2.45) is 5.16 Å². The van der Waals surface area contributed by atoms with Gasteiger partial charge in [-0.2, -0.15) is 0 Å².